The van der Waals surface area contributed by atoms with E-state index in [0.717, 1.165) is 13.0 Å². The monoisotopic (exact) mass is 225 g/mol. The van der Waals surface area contributed by atoms with Crippen molar-refractivity contribution in [1.82, 2.24) is 15.1 Å². The van der Waals surface area contributed by atoms with Crippen LogP contribution in [0.5, 0.6) is 0 Å². The molecule has 4 nitrogen and oxygen atoms in total. The predicted molar refractivity (Wildman–Crippen MR) is 65.1 cm³/mol. The lowest BCUT2D eigenvalue weighted by atomic mass is 10.0. The van der Waals surface area contributed by atoms with Crippen molar-refractivity contribution in [3.63, 3.8) is 0 Å². The van der Waals surface area contributed by atoms with Crippen LogP contribution in [0.3, 0.4) is 0 Å². The quantitative estimate of drug-likeness (QED) is 0.765. The molecule has 0 amide bonds. The summed E-state index contributed by atoms with van der Waals surface area (Å²) in [6.45, 7) is 7.36. The van der Waals surface area contributed by atoms with Gasteiger partial charge in [-0.15, -0.1) is 0 Å². The summed E-state index contributed by atoms with van der Waals surface area (Å²) in [5.41, 5.74) is 2.37. The molecule has 1 heterocycles. The van der Waals surface area contributed by atoms with Crippen molar-refractivity contribution in [3.05, 3.63) is 17.5 Å². The molecule has 2 N–H and O–H groups in total. The summed E-state index contributed by atoms with van der Waals surface area (Å²) in [6.07, 6.45) is 2.88. The van der Waals surface area contributed by atoms with E-state index in [2.05, 4.69) is 31.2 Å². The van der Waals surface area contributed by atoms with Gasteiger partial charge in [-0.2, -0.15) is 5.10 Å². The zero-order chi connectivity index (χ0) is 12.1. The summed E-state index contributed by atoms with van der Waals surface area (Å²) in [7, 11) is 1.94. The standard InChI is InChI=1S/C12H23N3O/c1-9(2)5-12(8-16)13-6-11-7-14-15(4)10(11)3/h7,9,12-13,16H,5-6,8H2,1-4H3. The van der Waals surface area contributed by atoms with Crippen molar-refractivity contribution in [2.75, 3.05) is 6.61 Å². The summed E-state index contributed by atoms with van der Waals surface area (Å²) < 4.78 is 1.87. The number of aliphatic hydroxyl groups excluding tert-OH is 1. The number of rotatable bonds is 6. The molecule has 0 aliphatic rings. The van der Waals surface area contributed by atoms with E-state index in [0.29, 0.717) is 5.92 Å². The van der Waals surface area contributed by atoms with E-state index in [1.807, 2.05) is 17.9 Å². The van der Waals surface area contributed by atoms with Gasteiger partial charge in [-0.3, -0.25) is 4.68 Å². The second kappa shape index (κ2) is 6.01. The number of aryl methyl sites for hydroxylation is 1. The zero-order valence-electron chi connectivity index (χ0n) is 10.7. The predicted octanol–water partition coefficient (Wildman–Crippen LogP) is 1.23. The highest BCUT2D eigenvalue weighted by atomic mass is 16.3. The Morgan fingerprint density at radius 1 is 1.50 bits per heavy atom. The van der Waals surface area contributed by atoms with Crippen molar-refractivity contribution in [2.45, 2.75) is 39.8 Å². The van der Waals surface area contributed by atoms with Crippen LogP contribution in [-0.2, 0) is 13.6 Å². The highest BCUT2D eigenvalue weighted by Crippen LogP contribution is 2.08. The maximum atomic E-state index is 9.24. The van der Waals surface area contributed by atoms with Crippen molar-refractivity contribution < 1.29 is 5.11 Å². The fourth-order valence-corrected chi connectivity index (χ4v) is 1.76. The molecule has 92 valence electrons. The van der Waals surface area contributed by atoms with Crippen LogP contribution in [0.25, 0.3) is 0 Å². The van der Waals surface area contributed by atoms with Gasteiger partial charge in [0.25, 0.3) is 0 Å². The lowest BCUT2D eigenvalue weighted by molar-refractivity contribution is 0.223. The van der Waals surface area contributed by atoms with Gasteiger partial charge in [0, 0.05) is 30.9 Å². The van der Waals surface area contributed by atoms with Crippen molar-refractivity contribution >= 4 is 0 Å². The average Bonchev–Trinajstić information content (AvgIpc) is 2.54. The molecule has 1 rings (SSSR count). The molecule has 0 fully saturated rings. The Morgan fingerprint density at radius 2 is 2.19 bits per heavy atom. The molecule has 1 aromatic heterocycles. The van der Waals surface area contributed by atoms with E-state index >= 15 is 0 Å². The van der Waals surface area contributed by atoms with Crippen LogP contribution in [0, 0.1) is 12.8 Å². The summed E-state index contributed by atoms with van der Waals surface area (Å²) in [5, 5.41) is 16.8. The van der Waals surface area contributed by atoms with Crippen LogP contribution in [-0.4, -0.2) is 27.5 Å². The van der Waals surface area contributed by atoms with E-state index in [1.54, 1.807) is 0 Å². The van der Waals surface area contributed by atoms with E-state index < -0.39 is 0 Å². The Balaban J connectivity index is 2.46. The molecule has 0 saturated carbocycles. The number of aliphatic hydroxyl groups is 1. The number of nitrogens with zero attached hydrogens (tertiary/aromatic N) is 2. The lowest BCUT2D eigenvalue weighted by Crippen LogP contribution is -2.33. The first-order valence-electron chi connectivity index (χ1n) is 5.86. The fraction of sp³-hybridized carbons (Fsp3) is 0.750. The van der Waals surface area contributed by atoms with Crippen LogP contribution < -0.4 is 5.32 Å². The Morgan fingerprint density at radius 3 is 2.62 bits per heavy atom. The van der Waals surface area contributed by atoms with E-state index in [-0.39, 0.29) is 12.6 Å². The van der Waals surface area contributed by atoms with Crippen LogP contribution in [0.15, 0.2) is 6.20 Å². The molecule has 4 heteroatoms. The minimum atomic E-state index is 0.180. The molecule has 0 bridgehead atoms. The van der Waals surface area contributed by atoms with Gasteiger partial charge < -0.3 is 10.4 Å². The van der Waals surface area contributed by atoms with Crippen LogP contribution in [0.1, 0.15) is 31.5 Å². The smallest absolute Gasteiger partial charge is 0.0584 e. The highest BCUT2D eigenvalue weighted by molar-refractivity contribution is 5.15. The molecule has 16 heavy (non-hydrogen) atoms. The number of aromatic nitrogens is 2. The maximum absolute atomic E-state index is 9.24. The van der Waals surface area contributed by atoms with Crippen LogP contribution in [0.4, 0.5) is 0 Å². The number of hydrogen-bond acceptors (Lipinski definition) is 3. The average molecular weight is 225 g/mol. The topological polar surface area (TPSA) is 50.1 Å². The lowest BCUT2D eigenvalue weighted by Gasteiger charge is -2.18. The minimum Gasteiger partial charge on any atom is -0.395 e. The van der Waals surface area contributed by atoms with E-state index in [9.17, 15) is 5.11 Å². The highest BCUT2D eigenvalue weighted by Gasteiger charge is 2.10. The third kappa shape index (κ3) is 3.61. The van der Waals surface area contributed by atoms with Gasteiger partial charge in [-0.1, -0.05) is 13.8 Å². The van der Waals surface area contributed by atoms with Gasteiger partial charge in [-0.05, 0) is 19.3 Å². The Bertz CT molecular complexity index is 320. The Kier molecular flexibility index (Phi) is 4.96. The first kappa shape index (κ1) is 13.2. The first-order valence-corrected chi connectivity index (χ1v) is 5.86. The van der Waals surface area contributed by atoms with E-state index in [4.69, 9.17) is 0 Å². The molecule has 1 atom stereocenters. The first-order chi connectivity index (χ1) is 7.54. The van der Waals surface area contributed by atoms with Gasteiger partial charge in [0.05, 0.1) is 12.8 Å². The third-order valence-corrected chi connectivity index (χ3v) is 2.89. The van der Waals surface area contributed by atoms with Gasteiger partial charge in [0.15, 0.2) is 0 Å². The zero-order valence-corrected chi connectivity index (χ0v) is 10.7. The fourth-order valence-electron chi connectivity index (χ4n) is 1.76. The summed E-state index contributed by atoms with van der Waals surface area (Å²) in [4.78, 5) is 0. The third-order valence-electron chi connectivity index (χ3n) is 2.89. The molecule has 1 unspecified atom stereocenters. The van der Waals surface area contributed by atoms with Crippen molar-refractivity contribution in [1.29, 1.82) is 0 Å². The van der Waals surface area contributed by atoms with Crippen LogP contribution in [0.2, 0.25) is 0 Å². The molecular weight excluding hydrogens is 202 g/mol. The molecule has 0 saturated heterocycles. The number of nitrogens with one attached hydrogen (secondary N) is 1. The molecule has 0 radical (unpaired) electrons. The summed E-state index contributed by atoms with van der Waals surface area (Å²) in [5.74, 6) is 0.597. The normalized spacial score (nSPS) is 13.4. The van der Waals surface area contributed by atoms with Gasteiger partial charge in [0.2, 0.25) is 0 Å². The largest absolute Gasteiger partial charge is 0.395 e. The molecular formula is C12H23N3O. The molecule has 1 aromatic rings. The second-order valence-corrected chi connectivity index (χ2v) is 4.77. The van der Waals surface area contributed by atoms with Crippen molar-refractivity contribution in [2.24, 2.45) is 13.0 Å². The SMILES string of the molecule is Cc1c(CNC(CO)CC(C)C)cnn1C. The molecule has 0 aliphatic carbocycles. The minimum absolute atomic E-state index is 0.180. The van der Waals surface area contributed by atoms with Gasteiger partial charge >= 0.3 is 0 Å². The molecule has 0 aromatic carbocycles. The maximum Gasteiger partial charge on any atom is 0.0584 e. The van der Waals surface area contributed by atoms with Crippen molar-refractivity contribution in [3.8, 4) is 0 Å². The Hall–Kier alpha value is -0.870. The Labute approximate surface area is 97.7 Å². The second-order valence-electron chi connectivity index (χ2n) is 4.77. The van der Waals surface area contributed by atoms with Crippen LogP contribution >= 0.6 is 0 Å². The summed E-state index contributed by atoms with van der Waals surface area (Å²) in [6, 6.07) is 0.180. The number of hydrogen-bond donors (Lipinski definition) is 2. The van der Waals surface area contributed by atoms with E-state index in [1.165, 1.54) is 11.3 Å². The van der Waals surface area contributed by atoms with Gasteiger partial charge in [0.1, 0.15) is 0 Å². The van der Waals surface area contributed by atoms with Gasteiger partial charge in [-0.25, -0.2) is 0 Å². The summed E-state index contributed by atoms with van der Waals surface area (Å²) >= 11 is 0. The molecule has 0 aliphatic heterocycles. The molecule has 0 spiro atoms.